The molecule has 0 atom stereocenters. The van der Waals surface area contributed by atoms with Crippen molar-refractivity contribution in [1.29, 1.82) is 0 Å². The van der Waals surface area contributed by atoms with Crippen LogP contribution in [0.5, 0.6) is 5.75 Å². The Morgan fingerprint density at radius 2 is 2.00 bits per heavy atom. The predicted molar refractivity (Wildman–Crippen MR) is 107 cm³/mol. The molecule has 0 aliphatic heterocycles. The van der Waals surface area contributed by atoms with Crippen LogP contribution >= 0.6 is 38.9 Å². The molecule has 9 heteroatoms. The van der Waals surface area contributed by atoms with Gasteiger partial charge in [0.2, 0.25) is 0 Å². The Hall–Kier alpha value is -2.16. The number of ether oxygens (including phenoxy) is 2. The number of halogens is 2. The Labute approximate surface area is 172 Å². The van der Waals surface area contributed by atoms with Gasteiger partial charge in [0.05, 0.1) is 30.0 Å². The van der Waals surface area contributed by atoms with Crippen molar-refractivity contribution in [2.45, 2.75) is 6.54 Å². The fourth-order valence-corrected chi connectivity index (χ4v) is 4.22. The molecule has 0 fully saturated rings. The smallest absolute Gasteiger partial charge is 0.325 e. The van der Waals surface area contributed by atoms with Gasteiger partial charge in [0, 0.05) is 9.50 Å². The summed E-state index contributed by atoms with van der Waals surface area (Å²) < 4.78 is 13.4. The second kappa shape index (κ2) is 8.24. The molecule has 1 amide bonds. The molecular weight excluding hydrogens is 456 g/mol. The summed E-state index contributed by atoms with van der Waals surface area (Å²) in [5.74, 6) is -0.582. The lowest BCUT2D eigenvalue weighted by molar-refractivity contribution is -0.141. The highest BCUT2D eigenvalue weighted by Gasteiger charge is 2.15. The molecule has 0 saturated heterocycles. The van der Waals surface area contributed by atoms with Crippen LogP contribution < -0.4 is 9.54 Å². The standard InChI is InChI=1S/C18H14BrClN2O4S/c1-25-14-6-4-11(20)8-12(14)17(24)21-18-22(9-16(23)26-2)13-5-3-10(19)7-15(13)27-18/h3-8H,9H2,1-2H3. The van der Waals surface area contributed by atoms with Gasteiger partial charge >= 0.3 is 5.97 Å². The van der Waals surface area contributed by atoms with E-state index in [0.29, 0.717) is 15.6 Å². The first-order chi connectivity index (χ1) is 12.9. The first-order valence-electron chi connectivity index (χ1n) is 7.71. The zero-order valence-electron chi connectivity index (χ0n) is 14.4. The Bertz CT molecular complexity index is 1110. The third-order valence-corrected chi connectivity index (χ3v) is 5.52. The maximum absolute atomic E-state index is 12.8. The lowest BCUT2D eigenvalue weighted by Gasteiger charge is -2.06. The van der Waals surface area contributed by atoms with Crippen LogP contribution in [0.15, 0.2) is 45.9 Å². The maximum Gasteiger partial charge on any atom is 0.325 e. The summed E-state index contributed by atoms with van der Waals surface area (Å²) in [7, 11) is 2.78. The zero-order chi connectivity index (χ0) is 19.6. The fourth-order valence-electron chi connectivity index (χ4n) is 2.47. The van der Waals surface area contributed by atoms with Gasteiger partial charge in [-0.3, -0.25) is 9.59 Å². The highest BCUT2D eigenvalue weighted by Crippen LogP contribution is 2.25. The number of fused-ring (bicyclic) bond motifs is 1. The van der Waals surface area contributed by atoms with Crippen LogP contribution in [0.1, 0.15) is 10.4 Å². The van der Waals surface area contributed by atoms with E-state index in [4.69, 9.17) is 21.1 Å². The Balaban J connectivity index is 2.17. The first kappa shape index (κ1) is 19.6. The Kier molecular flexibility index (Phi) is 5.98. The van der Waals surface area contributed by atoms with Crippen LogP contribution in [0.3, 0.4) is 0 Å². The van der Waals surface area contributed by atoms with Crippen LogP contribution in [-0.4, -0.2) is 30.7 Å². The van der Waals surface area contributed by atoms with Crippen molar-refractivity contribution >= 4 is 61.0 Å². The molecule has 0 bridgehead atoms. The van der Waals surface area contributed by atoms with Gasteiger partial charge in [-0.25, -0.2) is 0 Å². The van der Waals surface area contributed by atoms with Crippen molar-refractivity contribution in [3.63, 3.8) is 0 Å². The number of thiazole rings is 1. The number of esters is 1. The normalized spacial score (nSPS) is 11.6. The molecule has 3 aromatic rings. The van der Waals surface area contributed by atoms with Gasteiger partial charge in [-0.15, -0.1) is 0 Å². The average Bonchev–Trinajstić information content (AvgIpc) is 2.97. The summed E-state index contributed by atoms with van der Waals surface area (Å²) in [4.78, 5) is 29.2. The quantitative estimate of drug-likeness (QED) is 0.541. The average molecular weight is 470 g/mol. The molecule has 1 heterocycles. The van der Waals surface area contributed by atoms with E-state index in [0.717, 1.165) is 14.7 Å². The number of rotatable bonds is 4. The molecular formula is C18H14BrClN2O4S. The van der Waals surface area contributed by atoms with Crippen LogP contribution in [0.25, 0.3) is 10.2 Å². The van der Waals surface area contributed by atoms with E-state index in [1.807, 2.05) is 18.2 Å². The van der Waals surface area contributed by atoms with Crippen molar-refractivity contribution in [3.05, 3.63) is 56.3 Å². The van der Waals surface area contributed by atoms with Gasteiger partial charge in [-0.2, -0.15) is 4.99 Å². The first-order valence-corrected chi connectivity index (χ1v) is 9.70. The molecule has 0 aliphatic rings. The molecule has 1 aromatic heterocycles. The summed E-state index contributed by atoms with van der Waals surface area (Å²) in [5, 5.41) is 0.400. The zero-order valence-corrected chi connectivity index (χ0v) is 17.5. The molecule has 0 unspecified atom stereocenters. The van der Waals surface area contributed by atoms with Gasteiger partial charge in [0.25, 0.3) is 5.91 Å². The van der Waals surface area contributed by atoms with E-state index in [2.05, 4.69) is 20.9 Å². The number of hydrogen-bond acceptors (Lipinski definition) is 5. The molecule has 0 spiro atoms. The second-order valence-electron chi connectivity index (χ2n) is 5.42. The van der Waals surface area contributed by atoms with E-state index < -0.39 is 11.9 Å². The molecule has 0 N–H and O–H groups in total. The number of amides is 1. The van der Waals surface area contributed by atoms with Crippen LogP contribution in [-0.2, 0) is 16.1 Å². The van der Waals surface area contributed by atoms with Crippen molar-refractivity contribution in [3.8, 4) is 5.75 Å². The predicted octanol–water partition coefficient (Wildman–Crippen LogP) is 4.04. The van der Waals surface area contributed by atoms with E-state index in [-0.39, 0.29) is 12.1 Å². The highest BCUT2D eigenvalue weighted by atomic mass is 79.9. The third-order valence-electron chi connectivity index (χ3n) is 3.75. The Morgan fingerprint density at radius 3 is 2.70 bits per heavy atom. The number of carbonyl (C=O) groups excluding carboxylic acids is 2. The van der Waals surface area contributed by atoms with E-state index in [9.17, 15) is 9.59 Å². The molecule has 3 rings (SSSR count). The number of aromatic nitrogens is 1. The van der Waals surface area contributed by atoms with Gasteiger partial charge in [-0.1, -0.05) is 38.9 Å². The fraction of sp³-hybridized carbons (Fsp3) is 0.167. The van der Waals surface area contributed by atoms with Gasteiger partial charge in [-0.05, 0) is 36.4 Å². The monoisotopic (exact) mass is 468 g/mol. The second-order valence-corrected chi connectivity index (χ2v) is 7.78. The number of hydrogen-bond donors (Lipinski definition) is 0. The number of benzene rings is 2. The van der Waals surface area contributed by atoms with E-state index in [1.165, 1.54) is 31.6 Å². The summed E-state index contributed by atoms with van der Waals surface area (Å²) in [6.45, 7) is -0.0586. The van der Waals surface area contributed by atoms with Gasteiger partial charge < -0.3 is 14.0 Å². The molecule has 0 saturated carbocycles. The maximum atomic E-state index is 12.8. The number of carbonyl (C=O) groups is 2. The third kappa shape index (κ3) is 4.23. The minimum atomic E-state index is -0.515. The molecule has 2 aromatic carbocycles. The van der Waals surface area contributed by atoms with Crippen LogP contribution in [0.4, 0.5) is 0 Å². The summed E-state index contributed by atoms with van der Waals surface area (Å²) in [6.07, 6.45) is 0. The van der Waals surface area contributed by atoms with Crippen LogP contribution in [0, 0.1) is 0 Å². The minimum absolute atomic E-state index is 0.0586. The summed E-state index contributed by atoms with van der Waals surface area (Å²) in [5.41, 5.74) is 1.02. The van der Waals surface area contributed by atoms with Crippen molar-refractivity contribution in [1.82, 2.24) is 4.57 Å². The van der Waals surface area contributed by atoms with Gasteiger partial charge in [0.15, 0.2) is 4.80 Å². The largest absolute Gasteiger partial charge is 0.496 e. The van der Waals surface area contributed by atoms with Gasteiger partial charge in [0.1, 0.15) is 12.3 Å². The molecule has 0 aliphatic carbocycles. The SMILES string of the molecule is COC(=O)Cn1c(=NC(=O)c2cc(Cl)ccc2OC)sc2cc(Br)ccc21. The van der Waals surface area contributed by atoms with E-state index in [1.54, 1.807) is 16.7 Å². The van der Waals surface area contributed by atoms with Crippen molar-refractivity contribution < 1.29 is 19.1 Å². The number of nitrogens with zero attached hydrogens (tertiary/aromatic N) is 2. The Morgan fingerprint density at radius 1 is 1.22 bits per heavy atom. The molecule has 27 heavy (non-hydrogen) atoms. The van der Waals surface area contributed by atoms with E-state index >= 15 is 0 Å². The highest BCUT2D eigenvalue weighted by molar-refractivity contribution is 9.10. The number of methoxy groups -OCH3 is 2. The summed E-state index contributed by atoms with van der Waals surface area (Å²) in [6, 6.07) is 10.3. The summed E-state index contributed by atoms with van der Waals surface area (Å²) >= 11 is 10.7. The molecule has 140 valence electrons. The minimum Gasteiger partial charge on any atom is -0.496 e. The lowest BCUT2D eigenvalue weighted by Crippen LogP contribution is -2.22. The topological polar surface area (TPSA) is 69.9 Å². The molecule has 6 nitrogen and oxygen atoms in total. The van der Waals surface area contributed by atoms with Crippen molar-refractivity contribution in [2.75, 3.05) is 14.2 Å². The lowest BCUT2D eigenvalue weighted by atomic mass is 10.2. The molecule has 0 radical (unpaired) electrons. The van der Waals surface area contributed by atoms with Crippen molar-refractivity contribution in [2.24, 2.45) is 4.99 Å². The van der Waals surface area contributed by atoms with Crippen LogP contribution in [0.2, 0.25) is 5.02 Å².